The first-order chi connectivity index (χ1) is 15.0. The van der Waals surface area contributed by atoms with Crippen LogP contribution in [-0.4, -0.2) is 43.6 Å². The van der Waals surface area contributed by atoms with Crippen LogP contribution in [0.15, 0.2) is 30.6 Å². The van der Waals surface area contributed by atoms with E-state index in [-0.39, 0.29) is 11.9 Å². The van der Waals surface area contributed by atoms with Gasteiger partial charge in [0.25, 0.3) is 5.91 Å². The molecular weight excluding hydrogens is 416 g/mol. The molecule has 0 radical (unpaired) electrons. The van der Waals surface area contributed by atoms with Crippen molar-refractivity contribution in [1.29, 1.82) is 0 Å². The van der Waals surface area contributed by atoms with Crippen molar-refractivity contribution in [2.75, 3.05) is 16.0 Å². The van der Waals surface area contributed by atoms with Crippen molar-refractivity contribution in [2.45, 2.75) is 56.7 Å². The number of hydrogen-bond acceptors (Lipinski definition) is 7. The van der Waals surface area contributed by atoms with Gasteiger partial charge in [0.2, 0.25) is 0 Å². The molecule has 0 aromatic carbocycles. The molecule has 2 aliphatic carbocycles. The summed E-state index contributed by atoms with van der Waals surface area (Å²) in [5, 5.41) is 14.9. The minimum absolute atomic E-state index is 0.284. The third-order valence-corrected chi connectivity index (χ3v) is 5.95. The molecule has 5 rings (SSSR count). The molecule has 2 aliphatic rings. The van der Waals surface area contributed by atoms with Gasteiger partial charge in [0.15, 0.2) is 11.3 Å². The number of nitrogens with zero attached hydrogens (tertiary/aromatic N) is 4. The molecule has 162 valence electrons. The minimum Gasteiger partial charge on any atom is -0.379 e. The highest BCUT2D eigenvalue weighted by Gasteiger charge is 2.25. The predicted molar refractivity (Wildman–Crippen MR) is 121 cm³/mol. The molecule has 3 heterocycles. The Labute approximate surface area is 184 Å². The average Bonchev–Trinajstić information content (AvgIpc) is 3.45. The fourth-order valence-electron chi connectivity index (χ4n) is 3.90. The van der Waals surface area contributed by atoms with E-state index in [2.05, 4.69) is 31.0 Å². The van der Waals surface area contributed by atoms with Crippen molar-refractivity contribution in [3.05, 3.63) is 41.4 Å². The van der Waals surface area contributed by atoms with E-state index in [1.54, 1.807) is 29.0 Å². The molecule has 10 heteroatoms. The lowest BCUT2D eigenvalue weighted by Crippen LogP contribution is -2.33. The van der Waals surface area contributed by atoms with Crippen LogP contribution in [0.5, 0.6) is 0 Å². The van der Waals surface area contributed by atoms with Crippen LogP contribution in [0, 0.1) is 0 Å². The van der Waals surface area contributed by atoms with Crippen LogP contribution in [0.4, 0.5) is 17.2 Å². The Hall–Kier alpha value is -2.91. The van der Waals surface area contributed by atoms with E-state index in [9.17, 15) is 4.79 Å². The Morgan fingerprint density at radius 2 is 1.81 bits per heavy atom. The van der Waals surface area contributed by atoms with E-state index in [1.165, 1.54) is 0 Å². The standard InChI is InChI=1S/C21H25ClN8O/c22-18-9-15(7-8-24-18)28-21(31)17-11-25-20-16(26-13-5-6-13)10-19(29-30(17)20)27-14-3-1-12(23)2-4-14/h7-14,26H,1-6,23H2,(H,27,29)(H,24,28,31). The lowest BCUT2D eigenvalue weighted by Gasteiger charge is -2.27. The molecule has 0 aliphatic heterocycles. The van der Waals surface area contributed by atoms with Crippen LogP contribution in [0.3, 0.4) is 0 Å². The molecule has 5 N–H and O–H groups in total. The van der Waals surface area contributed by atoms with Crippen LogP contribution in [0.1, 0.15) is 49.0 Å². The quantitative estimate of drug-likeness (QED) is 0.434. The summed E-state index contributed by atoms with van der Waals surface area (Å²) in [4.78, 5) is 21.4. The summed E-state index contributed by atoms with van der Waals surface area (Å²) in [7, 11) is 0. The van der Waals surface area contributed by atoms with Gasteiger partial charge in [0.1, 0.15) is 11.0 Å². The number of hydrogen-bond donors (Lipinski definition) is 4. The number of halogens is 1. The van der Waals surface area contributed by atoms with Gasteiger partial charge in [0.05, 0.1) is 11.9 Å². The zero-order chi connectivity index (χ0) is 21.4. The summed E-state index contributed by atoms with van der Waals surface area (Å²) < 4.78 is 1.60. The van der Waals surface area contributed by atoms with Gasteiger partial charge in [-0.3, -0.25) is 4.79 Å². The Kier molecular flexibility index (Phi) is 5.37. The molecule has 2 saturated carbocycles. The maximum atomic E-state index is 13.0. The fraction of sp³-hybridized carbons (Fsp3) is 0.429. The largest absolute Gasteiger partial charge is 0.379 e. The van der Waals surface area contributed by atoms with E-state index in [4.69, 9.17) is 17.3 Å². The van der Waals surface area contributed by atoms with Crippen molar-refractivity contribution in [3.8, 4) is 0 Å². The lowest BCUT2D eigenvalue weighted by atomic mass is 9.92. The topological polar surface area (TPSA) is 122 Å². The van der Waals surface area contributed by atoms with E-state index in [1.807, 2.05) is 6.07 Å². The average molecular weight is 441 g/mol. The number of fused-ring (bicyclic) bond motifs is 1. The first-order valence-corrected chi connectivity index (χ1v) is 11.0. The summed E-state index contributed by atoms with van der Waals surface area (Å²) in [5.74, 6) is 0.399. The molecule has 0 unspecified atom stereocenters. The van der Waals surface area contributed by atoms with E-state index in [0.717, 1.165) is 50.0 Å². The second-order valence-electron chi connectivity index (χ2n) is 8.32. The first kappa shape index (κ1) is 20.0. The second-order valence-corrected chi connectivity index (χ2v) is 8.71. The highest BCUT2D eigenvalue weighted by Crippen LogP contribution is 2.29. The van der Waals surface area contributed by atoms with Crippen LogP contribution in [0.2, 0.25) is 5.15 Å². The van der Waals surface area contributed by atoms with Crippen molar-refractivity contribution >= 4 is 40.3 Å². The normalized spacial score (nSPS) is 21.1. The summed E-state index contributed by atoms with van der Waals surface area (Å²) in [5.41, 5.74) is 8.44. The number of carbonyl (C=O) groups excluding carboxylic acids is 1. The number of pyridine rings is 1. The monoisotopic (exact) mass is 440 g/mol. The van der Waals surface area contributed by atoms with Gasteiger partial charge in [0, 0.05) is 36.1 Å². The molecule has 9 nitrogen and oxygen atoms in total. The van der Waals surface area contributed by atoms with Gasteiger partial charge >= 0.3 is 0 Å². The van der Waals surface area contributed by atoms with Gasteiger partial charge in [-0.1, -0.05) is 11.6 Å². The lowest BCUT2D eigenvalue weighted by molar-refractivity contribution is 0.102. The number of nitrogens with one attached hydrogen (secondary N) is 3. The molecule has 0 bridgehead atoms. The zero-order valence-electron chi connectivity index (χ0n) is 17.0. The molecule has 3 aromatic heterocycles. The van der Waals surface area contributed by atoms with Crippen LogP contribution in [-0.2, 0) is 0 Å². The summed E-state index contributed by atoms with van der Waals surface area (Å²) in [6.45, 7) is 0. The maximum absolute atomic E-state index is 13.0. The minimum atomic E-state index is -0.319. The number of aromatic nitrogens is 4. The third-order valence-electron chi connectivity index (χ3n) is 5.75. The van der Waals surface area contributed by atoms with E-state index >= 15 is 0 Å². The van der Waals surface area contributed by atoms with E-state index < -0.39 is 0 Å². The highest BCUT2D eigenvalue weighted by molar-refractivity contribution is 6.29. The molecule has 0 saturated heterocycles. The molecule has 31 heavy (non-hydrogen) atoms. The van der Waals surface area contributed by atoms with Gasteiger partial charge in [-0.25, -0.2) is 14.5 Å². The third kappa shape index (κ3) is 4.57. The summed E-state index contributed by atoms with van der Waals surface area (Å²) >= 11 is 5.93. The molecule has 0 atom stereocenters. The smallest absolute Gasteiger partial charge is 0.276 e. The molecule has 3 aromatic rings. The Morgan fingerprint density at radius 1 is 1.06 bits per heavy atom. The highest BCUT2D eigenvalue weighted by atomic mass is 35.5. The summed E-state index contributed by atoms with van der Waals surface area (Å²) in [6, 6.07) is 6.31. The molecule has 1 amide bonds. The summed E-state index contributed by atoms with van der Waals surface area (Å²) in [6.07, 6.45) is 9.37. The first-order valence-electron chi connectivity index (χ1n) is 10.7. The number of carbonyl (C=O) groups is 1. The number of nitrogens with two attached hydrogens (primary N) is 1. The van der Waals surface area contributed by atoms with Crippen LogP contribution < -0.4 is 21.7 Å². The van der Waals surface area contributed by atoms with Crippen LogP contribution in [0.25, 0.3) is 5.65 Å². The predicted octanol–water partition coefficient (Wildman–Crippen LogP) is 3.29. The maximum Gasteiger partial charge on any atom is 0.276 e. The van der Waals surface area contributed by atoms with Crippen molar-refractivity contribution in [1.82, 2.24) is 19.6 Å². The Balaban J connectivity index is 1.45. The molecule has 0 spiro atoms. The van der Waals surface area contributed by atoms with E-state index in [0.29, 0.717) is 34.3 Å². The number of amides is 1. The van der Waals surface area contributed by atoms with Crippen molar-refractivity contribution in [2.24, 2.45) is 5.73 Å². The van der Waals surface area contributed by atoms with Gasteiger partial charge in [-0.05, 0) is 50.7 Å². The number of rotatable bonds is 6. The SMILES string of the molecule is NC1CCC(Nc2cc(NC3CC3)c3ncc(C(=O)Nc4ccnc(Cl)c4)n3n2)CC1. The van der Waals surface area contributed by atoms with Gasteiger partial charge < -0.3 is 21.7 Å². The van der Waals surface area contributed by atoms with Crippen molar-refractivity contribution in [3.63, 3.8) is 0 Å². The number of imidazole rings is 1. The second kappa shape index (κ2) is 8.32. The molecular formula is C21H25ClN8O. The van der Waals surface area contributed by atoms with Gasteiger partial charge in [-0.15, -0.1) is 5.10 Å². The molecule has 2 fully saturated rings. The Morgan fingerprint density at radius 3 is 2.55 bits per heavy atom. The Bertz CT molecular complexity index is 1100. The fourth-order valence-corrected chi connectivity index (χ4v) is 4.07. The van der Waals surface area contributed by atoms with Gasteiger partial charge in [-0.2, -0.15) is 0 Å². The van der Waals surface area contributed by atoms with Crippen LogP contribution >= 0.6 is 11.6 Å². The zero-order valence-corrected chi connectivity index (χ0v) is 17.8. The van der Waals surface area contributed by atoms with Crippen molar-refractivity contribution < 1.29 is 4.79 Å². The number of anilines is 3.